The number of aryl methyl sites for hydroxylation is 2. The Kier molecular flexibility index (Phi) is 7.37. The number of benzene rings is 1. The zero-order chi connectivity index (χ0) is 24.3. The van der Waals surface area contributed by atoms with Crippen LogP contribution in [0.1, 0.15) is 42.9 Å². The summed E-state index contributed by atoms with van der Waals surface area (Å²) in [6, 6.07) is 5.78. The molecule has 2 aliphatic heterocycles. The number of nitrogens with zero attached hydrogens (tertiary/aromatic N) is 5. The zero-order valence-electron chi connectivity index (χ0n) is 19.9. The third-order valence-electron chi connectivity index (χ3n) is 6.87. The van der Waals surface area contributed by atoms with Crippen molar-refractivity contribution in [2.45, 2.75) is 50.5 Å². The lowest BCUT2D eigenvalue weighted by atomic mass is 10.0. The number of imidazole rings is 1. The summed E-state index contributed by atoms with van der Waals surface area (Å²) >= 11 is 0. The van der Waals surface area contributed by atoms with Gasteiger partial charge in [0.15, 0.2) is 0 Å². The molecule has 0 radical (unpaired) electrons. The highest BCUT2D eigenvalue weighted by Crippen LogP contribution is 2.24. The van der Waals surface area contributed by atoms with Crippen molar-refractivity contribution in [3.05, 3.63) is 48.0 Å². The van der Waals surface area contributed by atoms with Gasteiger partial charge in [0.05, 0.1) is 11.2 Å². The van der Waals surface area contributed by atoms with E-state index in [1.54, 1.807) is 24.1 Å². The Balaban J connectivity index is 1.23. The van der Waals surface area contributed by atoms with Gasteiger partial charge in [-0.1, -0.05) is 12.1 Å². The van der Waals surface area contributed by atoms with Gasteiger partial charge in [-0.05, 0) is 43.9 Å². The van der Waals surface area contributed by atoms with E-state index in [4.69, 9.17) is 0 Å². The summed E-state index contributed by atoms with van der Waals surface area (Å²) in [5.74, 6) is -0.0843. The van der Waals surface area contributed by atoms with Gasteiger partial charge in [0, 0.05) is 70.5 Å². The average Bonchev–Trinajstić information content (AvgIpc) is 3.39. The van der Waals surface area contributed by atoms with E-state index in [9.17, 15) is 18.0 Å². The van der Waals surface area contributed by atoms with Crippen molar-refractivity contribution in [2.75, 3.05) is 39.3 Å². The molecule has 2 amide bonds. The van der Waals surface area contributed by atoms with Crippen LogP contribution in [0.5, 0.6) is 0 Å². The van der Waals surface area contributed by atoms with Crippen molar-refractivity contribution in [1.82, 2.24) is 23.7 Å². The summed E-state index contributed by atoms with van der Waals surface area (Å²) in [6.07, 6.45) is 7.64. The predicted molar refractivity (Wildman–Crippen MR) is 128 cm³/mol. The second kappa shape index (κ2) is 10.3. The molecule has 2 fully saturated rings. The molecule has 9 nitrogen and oxygen atoms in total. The molecule has 3 heterocycles. The molecule has 4 rings (SSSR count). The van der Waals surface area contributed by atoms with Crippen LogP contribution in [-0.4, -0.2) is 83.2 Å². The predicted octanol–water partition coefficient (Wildman–Crippen LogP) is 1.98. The molecule has 1 aromatic heterocycles. The Labute approximate surface area is 201 Å². The Hall–Kier alpha value is -2.72. The molecule has 0 bridgehead atoms. The topological polar surface area (TPSA) is 95.8 Å². The van der Waals surface area contributed by atoms with Gasteiger partial charge in [-0.15, -0.1) is 0 Å². The number of piperazine rings is 1. The normalized spacial score (nSPS) is 18.3. The lowest BCUT2D eigenvalue weighted by Gasteiger charge is -2.35. The van der Waals surface area contributed by atoms with Crippen LogP contribution in [0.4, 0.5) is 0 Å². The Morgan fingerprint density at radius 2 is 1.56 bits per heavy atom. The summed E-state index contributed by atoms with van der Waals surface area (Å²) in [5.41, 5.74) is 1.62. The van der Waals surface area contributed by atoms with Gasteiger partial charge < -0.3 is 14.4 Å². The van der Waals surface area contributed by atoms with E-state index in [1.165, 1.54) is 4.31 Å². The molecule has 0 N–H and O–H groups in total. The van der Waals surface area contributed by atoms with Crippen LogP contribution in [0.3, 0.4) is 0 Å². The minimum absolute atomic E-state index is 0.00793. The number of amides is 2. The van der Waals surface area contributed by atoms with Crippen LogP contribution in [-0.2, 0) is 19.6 Å². The molecular formula is C24H33N5O4S. The summed E-state index contributed by atoms with van der Waals surface area (Å²) < 4.78 is 29.7. The van der Waals surface area contributed by atoms with Gasteiger partial charge in [0.2, 0.25) is 21.8 Å². The first-order valence-electron chi connectivity index (χ1n) is 11.9. The molecule has 34 heavy (non-hydrogen) atoms. The number of aromatic nitrogens is 2. The first-order valence-corrected chi connectivity index (χ1v) is 13.3. The molecular weight excluding hydrogens is 454 g/mol. The lowest BCUT2D eigenvalue weighted by molar-refractivity contribution is -0.138. The molecule has 2 saturated heterocycles. The average molecular weight is 488 g/mol. The number of likely N-dealkylation sites (tertiary alicyclic amines) is 1. The second-order valence-electron chi connectivity index (χ2n) is 9.18. The molecule has 1 aromatic carbocycles. The quantitative estimate of drug-likeness (QED) is 0.621. The fourth-order valence-corrected chi connectivity index (χ4v) is 6.46. The highest BCUT2D eigenvalue weighted by molar-refractivity contribution is 7.89. The maximum Gasteiger partial charge on any atom is 0.243 e. The Morgan fingerprint density at radius 1 is 0.941 bits per heavy atom. The van der Waals surface area contributed by atoms with Crippen LogP contribution in [0.2, 0.25) is 0 Å². The van der Waals surface area contributed by atoms with E-state index in [2.05, 4.69) is 9.55 Å². The fraction of sp³-hybridized carbons (Fsp3) is 0.542. The number of hydrogen-bond donors (Lipinski definition) is 0. The van der Waals surface area contributed by atoms with Crippen molar-refractivity contribution in [3.63, 3.8) is 0 Å². The van der Waals surface area contributed by atoms with Gasteiger partial charge in [-0.25, -0.2) is 13.4 Å². The molecule has 10 heteroatoms. The number of piperidine rings is 1. The molecule has 2 aromatic rings. The van der Waals surface area contributed by atoms with E-state index < -0.39 is 10.0 Å². The monoisotopic (exact) mass is 487 g/mol. The number of carbonyl (C=O) groups excluding carboxylic acids is 2. The Morgan fingerprint density at radius 3 is 2.15 bits per heavy atom. The van der Waals surface area contributed by atoms with E-state index in [0.29, 0.717) is 37.1 Å². The van der Waals surface area contributed by atoms with Crippen LogP contribution >= 0.6 is 0 Å². The molecule has 184 valence electrons. The third kappa shape index (κ3) is 5.33. The molecule has 0 aliphatic carbocycles. The molecule has 0 unspecified atom stereocenters. The van der Waals surface area contributed by atoms with Gasteiger partial charge in [-0.3, -0.25) is 9.59 Å². The largest absolute Gasteiger partial charge is 0.343 e. The standard InChI is InChI=1S/C24H33N5O4S/c1-19-3-4-20(2)22(17-19)34(32,33)29-15-13-27(14-16-29)24(31)6-5-23(30)26-10-7-21(8-11-26)28-12-9-25-18-28/h3-4,9,12,17-18,21H,5-8,10-11,13-16H2,1-2H3. The first-order chi connectivity index (χ1) is 16.3. The molecule has 0 atom stereocenters. The second-order valence-corrected chi connectivity index (χ2v) is 11.1. The fourth-order valence-electron chi connectivity index (χ4n) is 4.73. The summed E-state index contributed by atoms with van der Waals surface area (Å²) in [7, 11) is -3.60. The molecule has 2 aliphatic rings. The van der Waals surface area contributed by atoms with Gasteiger partial charge in [-0.2, -0.15) is 4.31 Å². The van der Waals surface area contributed by atoms with Gasteiger partial charge in [0.1, 0.15) is 0 Å². The van der Waals surface area contributed by atoms with Gasteiger partial charge >= 0.3 is 0 Å². The van der Waals surface area contributed by atoms with Crippen molar-refractivity contribution in [1.29, 1.82) is 0 Å². The summed E-state index contributed by atoms with van der Waals surface area (Å²) in [5, 5.41) is 0. The van der Waals surface area contributed by atoms with Crippen LogP contribution < -0.4 is 0 Å². The van der Waals surface area contributed by atoms with Crippen LogP contribution in [0.25, 0.3) is 0 Å². The zero-order valence-corrected chi connectivity index (χ0v) is 20.7. The lowest BCUT2D eigenvalue weighted by Crippen LogP contribution is -2.50. The SMILES string of the molecule is Cc1ccc(C)c(S(=O)(=O)N2CCN(C(=O)CCC(=O)N3CCC(n4ccnc4)CC3)CC2)c1. The first kappa shape index (κ1) is 24.4. The smallest absolute Gasteiger partial charge is 0.243 e. The van der Waals surface area contributed by atoms with Crippen molar-refractivity contribution < 1.29 is 18.0 Å². The Bertz CT molecular complexity index is 1120. The minimum atomic E-state index is -3.60. The van der Waals surface area contributed by atoms with Crippen molar-refractivity contribution >= 4 is 21.8 Å². The van der Waals surface area contributed by atoms with Crippen LogP contribution in [0, 0.1) is 13.8 Å². The minimum Gasteiger partial charge on any atom is -0.343 e. The number of sulfonamides is 1. The van der Waals surface area contributed by atoms with E-state index >= 15 is 0 Å². The third-order valence-corrected chi connectivity index (χ3v) is 8.91. The highest BCUT2D eigenvalue weighted by Gasteiger charge is 2.31. The molecule has 0 spiro atoms. The maximum absolute atomic E-state index is 13.1. The van der Waals surface area contributed by atoms with Crippen molar-refractivity contribution in [2.24, 2.45) is 0 Å². The molecule has 0 saturated carbocycles. The van der Waals surface area contributed by atoms with E-state index in [1.807, 2.05) is 36.5 Å². The van der Waals surface area contributed by atoms with Gasteiger partial charge in [0.25, 0.3) is 0 Å². The summed E-state index contributed by atoms with van der Waals surface area (Å²) in [6.45, 7) is 6.24. The van der Waals surface area contributed by atoms with E-state index in [0.717, 1.165) is 24.0 Å². The number of carbonyl (C=O) groups is 2. The van der Waals surface area contributed by atoms with E-state index in [-0.39, 0.29) is 37.7 Å². The maximum atomic E-state index is 13.1. The highest BCUT2D eigenvalue weighted by atomic mass is 32.2. The number of hydrogen-bond acceptors (Lipinski definition) is 5. The van der Waals surface area contributed by atoms with Crippen molar-refractivity contribution in [3.8, 4) is 0 Å². The number of rotatable bonds is 6. The summed E-state index contributed by atoms with van der Waals surface area (Å²) in [4.78, 5) is 33.3. The van der Waals surface area contributed by atoms with Crippen LogP contribution in [0.15, 0.2) is 41.8 Å².